The average molecular weight is 693 g/mol. The van der Waals surface area contributed by atoms with Crippen LogP contribution in [0.1, 0.15) is 26.3 Å². The predicted octanol–water partition coefficient (Wildman–Crippen LogP) is 10.2. The number of aryl methyl sites for hydroxylation is 1. The lowest BCUT2D eigenvalue weighted by Crippen LogP contribution is -2.14. The standard InChI is InChI=1S/C43H33O7P/c1-28-14-8-13-23-37(28)50-51-25-24-47-41-36(43(46)49-32-19-6-3-7-20-32)27-30-16-10-12-22-34(30)39(41)38-33-21-11-9-15-29(33)26-35(40(38)44)42(45)48-31-17-4-2-5-18-31/h2-23,26-27,44,51H,24-25H2,1H3. The van der Waals surface area contributed by atoms with Crippen LogP contribution in [0, 0.1) is 6.92 Å². The van der Waals surface area contributed by atoms with Crippen LogP contribution >= 0.6 is 8.81 Å². The first-order valence-corrected chi connectivity index (χ1v) is 17.5. The third kappa shape index (κ3) is 7.25. The minimum absolute atomic E-state index is 0.0343. The van der Waals surface area contributed by atoms with Gasteiger partial charge in [-0.1, -0.05) is 103 Å². The van der Waals surface area contributed by atoms with Crippen molar-refractivity contribution in [3.63, 3.8) is 0 Å². The largest absolute Gasteiger partial charge is 0.506 e. The number of para-hydroxylation sites is 3. The van der Waals surface area contributed by atoms with E-state index in [1.807, 2.05) is 91.9 Å². The highest BCUT2D eigenvalue weighted by Crippen LogP contribution is 2.48. The molecule has 0 saturated carbocycles. The lowest BCUT2D eigenvalue weighted by Gasteiger charge is -2.21. The van der Waals surface area contributed by atoms with Crippen molar-refractivity contribution in [3.05, 3.63) is 162 Å². The van der Waals surface area contributed by atoms with Crippen molar-refractivity contribution in [2.24, 2.45) is 0 Å². The number of carbonyl (C=O) groups is 2. The molecule has 252 valence electrons. The molecule has 7 aromatic carbocycles. The van der Waals surface area contributed by atoms with Crippen molar-refractivity contribution in [1.29, 1.82) is 0 Å². The fourth-order valence-electron chi connectivity index (χ4n) is 5.92. The number of carbonyl (C=O) groups excluding carboxylic acids is 2. The maximum absolute atomic E-state index is 14.0. The van der Waals surface area contributed by atoms with Crippen molar-refractivity contribution < 1.29 is 33.4 Å². The highest BCUT2D eigenvalue weighted by Gasteiger charge is 2.28. The van der Waals surface area contributed by atoms with Crippen LogP contribution in [0.25, 0.3) is 32.7 Å². The lowest BCUT2D eigenvalue weighted by atomic mass is 9.88. The van der Waals surface area contributed by atoms with Crippen molar-refractivity contribution in [2.45, 2.75) is 6.92 Å². The molecule has 0 aliphatic heterocycles. The normalized spacial score (nSPS) is 11.2. The summed E-state index contributed by atoms with van der Waals surface area (Å²) in [5.74, 6) is 0.0508. The molecule has 0 aliphatic carbocycles. The summed E-state index contributed by atoms with van der Waals surface area (Å²) >= 11 is 0. The molecular weight excluding hydrogens is 659 g/mol. The van der Waals surface area contributed by atoms with Crippen molar-refractivity contribution >= 4 is 42.3 Å². The Labute approximate surface area is 296 Å². The Morgan fingerprint density at radius 3 is 1.75 bits per heavy atom. The molecule has 0 spiro atoms. The molecule has 8 heteroatoms. The summed E-state index contributed by atoms with van der Waals surface area (Å²) in [6.45, 7) is 2.18. The average Bonchev–Trinajstić information content (AvgIpc) is 3.16. The Bertz CT molecular complexity index is 2360. The minimum Gasteiger partial charge on any atom is -0.506 e. The van der Waals surface area contributed by atoms with Gasteiger partial charge >= 0.3 is 11.9 Å². The van der Waals surface area contributed by atoms with Gasteiger partial charge in [0.25, 0.3) is 0 Å². The molecule has 7 rings (SSSR count). The van der Waals surface area contributed by atoms with Gasteiger partial charge in [0.1, 0.15) is 39.9 Å². The first-order chi connectivity index (χ1) is 25.0. The van der Waals surface area contributed by atoms with Crippen molar-refractivity contribution in [3.8, 4) is 39.9 Å². The predicted molar refractivity (Wildman–Crippen MR) is 202 cm³/mol. The first-order valence-electron chi connectivity index (χ1n) is 16.4. The number of ether oxygens (including phenoxy) is 3. The lowest BCUT2D eigenvalue weighted by molar-refractivity contribution is 0.0721. The van der Waals surface area contributed by atoms with Crippen LogP contribution in [0.4, 0.5) is 0 Å². The second-order valence-electron chi connectivity index (χ2n) is 11.7. The zero-order valence-corrected chi connectivity index (χ0v) is 28.7. The smallest absolute Gasteiger partial charge is 0.347 e. The monoisotopic (exact) mass is 692 g/mol. The Morgan fingerprint density at radius 1 is 0.608 bits per heavy atom. The molecular formula is C43H33O7P. The van der Waals surface area contributed by atoms with Gasteiger partial charge in [0.2, 0.25) is 0 Å². The zero-order chi connectivity index (χ0) is 35.2. The summed E-state index contributed by atoms with van der Waals surface area (Å²) in [6, 6.07) is 43.6. The summed E-state index contributed by atoms with van der Waals surface area (Å²) in [5, 5.41) is 14.9. The van der Waals surface area contributed by atoms with E-state index >= 15 is 0 Å². The maximum atomic E-state index is 14.0. The molecule has 1 N–H and O–H groups in total. The van der Waals surface area contributed by atoms with Crippen LogP contribution in [-0.2, 0) is 0 Å². The van der Waals surface area contributed by atoms with Gasteiger partial charge < -0.3 is 23.8 Å². The third-order valence-electron chi connectivity index (χ3n) is 8.35. The molecule has 51 heavy (non-hydrogen) atoms. The number of benzene rings is 7. The van der Waals surface area contributed by atoms with E-state index in [9.17, 15) is 14.7 Å². The summed E-state index contributed by atoms with van der Waals surface area (Å²) in [4.78, 5) is 27.7. The van der Waals surface area contributed by atoms with E-state index in [0.29, 0.717) is 50.3 Å². The van der Waals surface area contributed by atoms with Gasteiger partial charge in [-0.2, -0.15) is 0 Å². The molecule has 0 heterocycles. The number of aromatic hydroxyl groups is 1. The number of rotatable bonds is 11. The molecule has 1 unspecified atom stereocenters. The second kappa shape index (κ2) is 15.2. The summed E-state index contributed by atoms with van der Waals surface area (Å²) in [6.07, 6.45) is 0.518. The molecule has 0 aliphatic rings. The van der Waals surface area contributed by atoms with E-state index < -0.39 is 11.9 Å². The fourth-order valence-corrected chi connectivity index (χ4v) is 6.59. The van der Waals surface area contributed by atoms with Crippen LogP contribution in [0.5, 0.6) is 28.7 Å². The van der Waals surface area contributed by atoms with Crippen LogP contribution in [0.2, 0.25) is 0 Å². The number of hydrogen-bond donors (Lipinski definition) is 1. The fraction of sp³-hybridized carbons (Fsp3) is 0.0698. The Balaban J connectivity index is 1.38. The van der Waals surface area contributed by atoms with Crippen molar-refractivity contribution in [1.82, 2.24) is 0 Å². The van der Waals surface area contributed by atoms with Crippen LogP contribution in [-0.4, -0.2) is 29.8 Å². The molecule has 0 bridgehead atoms. The molecule has 7 aromatic rings. The van der Waals surface area contributed by atoms with E-state index in [1.54, 1.807) is 60.7 Å². The van der Waals surface area contributed by atoms with E-state index in [0.717, 1.165) is 11.3 Å². The number of phenolic OH excluding ortho intramolecular Hbond substituents is 1. The van der Waals surface area contributed by atoms with E-state index in [2.05, 4.69) is 0 Å². The minimum atomic E-state index is -0.730. The Morgan fingerprint density at radius 2 is 1.12 bits per heavy atom. The van der Waals surface area contributed by atoms with Gasteiger partial charge in [-0.05, 0) is 76.5 Å². The first kappa shape index (κ1) is 33.3. The quantitative estimate of drug-likeness (QED) is 0.0624. The molecule has 1 atom stereocenters. The second-order valence-corrected chi connectivity index (χ2v) is 12.7. The maximum Gasteiger partial charge on any atom is 0.347 e. The van der Waals surface area contributed by atoms with Gasteiger partial charge in [-0.15, -0.1) is 0 Å². The molecule has 0 radical (unpaired) electrons. The Kier molecular flexibility index (Phi) is 9.91. The number of phenols is 1. The van der Waals surface area contributed by atoms with E-state index in [-0.39, 0.29) is 38.0 Å². The molecule has 7 nitrogen and oxygen atoms in total. The van der Waals surface area contributed by atoms with Crippen LogP contribution in [0.15, 0.2) is 146 Å². The van der Waals surface area contributed by atoms with Gasteiger partial charge in [0, 0.05) is 17.3 Å². The van der Waals surface area contributed by atoms with Crippen molar-refractivity contribution in [2.75, 3.05) is 12.8 Å². The van der Waals surface area contributed by atoms with Crippen LogP contribution < -0.4 is 18.7 Å². The summed E-state index contributed by atoms with van der Waals surface area (Å²) in [7, 11) is 0.0824. The van der Waals surface area contributed by atoms with Gasteiger partial charge in [0.15, 0.2) is 0 Å². The number of hydrogen-bond acceptors (Lipinski definition) is 7. The van der Waals surface area contributed by atoms with Gasteiger partial charge in [-0.25, -0.2) is 9.59 Å². The highest BCUT2D eigenvalue weighted by molar-refractivity contribution is 7.32. The Hall–Kier alpha value is -6.17. The topological polar surface area (TPSA) is 91.3 Å². The number of esters is 2. The van der Waals surface area contributed by atoms with E-state index in [1.165, 1.54) is 0 Å². The highest BCUT2D eigenvalue weighted by atomic mass is 31.1. The molecule has 0 aromatic heterocycles. The third-order valence-corrected chi connectivity index (χ3v) is 9.12. The summed E-state index contributed by atoms with van der Waals surface area (Å²) in [5.41, 5.74) is 1.93. The summed E-state index contributed by atoms with van der Waals surface area (Å²) < 4.78 is 24.1. The molecule has 0 amide bonds. The molecule has 0 fully saturated rings. The van der Waals surface area contributed by atoms with E-state index in [4.69, 9.17) is 18.7 Å². The SMILES string of the molecule is Cc1ccccc1OPCCOc1c(C(=O)Oc2ccccc2)cc2ccccc2c1-c1c(O)c(C(=O)Oc2ccccc2)cc2ccccc12. The van der Waals surface area contributed by atoms with Gasteiger partial charge in [-0.3, -0.25) is 0 Å². The molecule has 0 saturated heterocycles. The van der Waals surface area contributed by atoms with Crippen LogP contribution in [0.3, 0.4) is 0 Å². The zero-order valence-electron chi connectivity index (χ0n) is 27.7. The van der Waals surface area contributed by atoms with Gasteiger partial charge in [0.05, 0.1) is 15.4 Å². The number of fused-ring (bicyclic) bond motifs is 2.